The Labute approximate surface area is 173 Å². The monoisotopic (exact) mass is 407 g/mol. The largest absolute Gasteiger partial charge is 0.457 e. The van der Waals surface area contributed by atoms with Gasteiger partial charge in [0.25, 0.3) is 0 Å². The van der Waals surface area contributed by atoms with E-state index >= 15 is 0 Å². The average Bonchev–Trinajstić information content (AvgIpc) is 3.25. The van der Waals surface area contributed by atoms with Gasteiger partial charge in [0.1, 0.15) is 5.82 Å². The van der Waals surface area contributed by atoms with Crippen LogP contribution in [-0.2, 0) is 28.8 Å². The molecule has 1 aliphatic rings. The summed E-state index contributed by atoms with van der Waals surface area (Å²) in [6.45, 7) is -0.274. The summed E-state index contributed by atoms with van der Waals surface area (Å²) < 4.78 is 23.7. The molecule has 0 spiro atoms. The van der Waals surface area contributed by atoms with Crippen molar-refractivity contribution in [2.75, 3.05) is 6.61 Å². The molecule has 1 aromatic heterocycles. The fraction of sp³-hybridized carbons (Fsp3) is 0.292. The Bertz CT molecular complexity index is 1060. The molecule has 6 heteroatoms. The molecule has 154 valence electrons. The minimum atomic E-state index is -0.483. The summed E-state index contributed by atoms with van der Waals surface area (Å²) in [7, 11) is 0. The van der Waals surface area contributed by atoms with Crippen molar-refractivity contribution in [2.24, 2.45) is 0 Å². The van der Waals surface area contributed by atoms with Crippen LogP contribution < -0.4 is 0 Å². The number of fused-ring (bicyclic) bond motifs is 1. The van der Waals surface area contributed by atoms with Gasteiger partial charge in [-0.1, -0.05) is 12.1 Å². The molecule has 1 heterocycles. The molecule has 5 nitrogen and oxygen atoms in total. The lowest BCUT2D eigenvalue weighted by molar-refractivity contribution is -0.142. The molecule has 0 aliphatic heterocycles. The van der Waals surface area contributed by atoms with Gasteiger partial charge in [-0.05, 0) is 67.1 Å². The molecule has 0 N–H and O–H groups in total. The second-order valence-corrected chi connectivity index (χ2v) is 7.40. The Hall–Kier alpha value is -3.28. The van der Waals surface area contributed by atoms with Crippen molar-refractivity contribution in [1.82, 2.24) is 4.98 Å². The Balaban J connectivity index is 1.26. The first-order valence-electron chi connectivity index (χ1n) is 10.1. The lowest BCUT2D eigenvalue weighted by atomic mass is 9.90. The molecule has 0 saturated heterocycles. The van der Waals surface area contributed by atoms with Gasteiger partial charge < -0.3 is 9.15 Å². The van der Waals surface area contributed by atoms with E-state index in [0.29, 0.717) is 22.8 Å². The highest BCUT2D eigenvalue weighted by Gasteiger charge is 2.15. The number of ketones is 1. The van der Waals surface area contributed by atoms with Gasteiger partial charge in [0, 0.05) is 17.5 Å². The summed E-state index contributed by atoms with van der Waals surface area (Å²) in [4.78, 5) is 28.5. The smallest absolute Gasteiger partial charge is 0.306 e. The number of esters is 1. The van der Waals surface area contributed by atoms with Crippen molar-refractivity contribution in [3.8, 4) is 11.3 Å². The van der Waals surface area contributed by atoms with E-state index in [4.69, 9.17) is 9.15 Å². The number of rotatable bonds is 7. The number of carbonyl (C=O) groups is 2. The van der Waals surface area contributed by atoms with E-state index in [0.717, 1.165) is 19.3 Å². The van der Waals surface area contributed by atoms with Crippen LogP contribution in [0.15, 0.2) is 53.1 Å². The van der Waals surface area contributed by atoms with Crippen LogP contribution in [0.2, 0.25) is 0 Å². The highest BCUT2D eigenvalue weighted by Crippen LogP contribution is 2.23. The van der Waals surface area contributed by atoms with E-state index in [2.05, 4.69) is 4.98 Å². The fourth-order valence-electron chi connectivity index (χ4n) is 3.59. The molecule has 3 aromatic rings. The molecule has 4 rings (SSSR count). The quantitative estimate of drug-likeness (QED) is 0.419. The highest BCUT2D eigenvalue weighted by atomic mass is 19.1. The lowest BCUT2D eigenvalue weighted by Crippen LogP contribution is -2.15. The molecule has 0 unspecified atom stereocenters. The molecule has 0 radical (unpaired) electrons. The maximum Gasteiger partial charge on any atom is 0.306 e. The number of hydrogen-bond donors (Lipinski definition) is 0. The number of aryl methyl sites for hydroxylation is 3. The fourth-order valence-corrected chi connectivity index (χ4v) is 3.59. The van der Waals surface area contributed by atoms with Crippen LogP contribution in [0.5, 0.6) is 0 Å². The number of nitrogens with zero attached hydrogens (tertiary/aromatic N) is 1. The first-order valence-corrected chi connectivity index (χ1v) is 10.1. The van der Waals surface area contributed by atoms with Crippen LogP contribution >= 0.6 is 0 Å². The van der Waals surface area contributed by atoms with Crippen LogP contribution in [0.25, 0.3) is 11.3 Å². The van der Waals surface area contributed by atoms with E-state index in [1.54, 1.807) is 12.1 Å². The van der Waals surface area contributed by atoms with Gasteiger partial charge in [-0.2, -0.15) is 0 Å². The van der Waals surface area contributed by atoms with Crippen molar-refractivity contribution in [1.29, 1.82) is 0 Å². The number of hydrogen-bond acceptors (Lipinski definition) is 5. The van der Waals surface area contributed by atoms with Gasteiger partial charge >= 0.3 is 5.97 Å². The highest BCUT2D eigenvalue weighted by molar-refractivity contribution is 5.98. The molecule has 1 aliphatic carbocycles. The summed E-state index contributed by atoms with van der Waals surface area (Å²) in [5, 5.41) is 0. The Morgan fingerprint density at radius 2 is 1.80 bits per heavy atom. The van der Waals surface area contributed by atoms with Crippen molar-refractivity contribution in [2.45, 2.75) is 38.5 Å². The lowest BCUT2D eigenvalue weighted by Gasteiger charge is -2.16. The van der Waals surface area contributed by atoms with Crippen LogP contribution in [0, 0.1) is 5.82 Å². The molecule has 30 heavy (non-hydrogen) atoms. The van der Waals surface area contributed by atoms with Crippen LogP contribution in [0.4, 0.5) is 4.39 Å². The molecular weight excluding hydrogens is 385 g/mol. The topological polar surface area (TPSA) is 69.4 Å². The van der Waals surface area contributed by atoms with Crippen molar-refractivity contribution >= 4 is 11.8 Å². The van der Waals surface area contributed by atoms with Crippen molar-refractivity contribution < 1.29 is 23.1 Å². The van der Waals surface area contributed by atoms with E-state index in [1.807, 2.05) is 18.2 Å². The number of benzene rings is 2. The third-order valence-corrected chi connectivity index (χ3v) is 5.26. The molecule has 0 saturated carbocycles. The van der Waals surface area contributed by atoms with Crippen LogP contribution in [0.3, 0.4) is 0 Å². The zero-order valence-corrected chi connectivity index (χ0v) is 16.5. The van der Waals surface area contributed by atoms with Crippen molar-refractivity contribution in [3.63, 3.8) is 0 Å². The Kier molecular flexibility index (Phi) is 6.02. The molecule has 0 bridgehead atoms. The minimum Gasteiger partial charge on any atom is -0.457 e. The second kappa shape index (κ2) is 9.03. The maximum atomic E-state index is 13.0. The third kappa shape index (κ3) is 4.82. The van der Waals surface area contributed by atoms with Crippen LogP contribution in [-0.4, -0.2) is 23.3 Å². The van der Waals surface area contributed by atoms with Gasteiger partial charge in [-0.25, -0.2) is 9.37 Å². The number of halogens is 1. The Morgan fingerprint density at radius 1 is 1.03 bits per heavy atom. The molecule has 0 amide bonds. The van der Waals surface area contributed by atoms with E-state index in [-0.39, 0.29) is 31.0 Å². The number of carbonyl (C=O) groups excluding carboxylic acids is 2. The zero-order chi connectivity index (χ0) is 20.9. The molecule has 0 atom stereocenters. The minimum absolute atomic E-state index is 0.0564. The maximum absolute atomic E-state index is 13.0. The SMILES string of the molecule is O=C(CCc1ncc(-c2ccc(F)cc2)o1)OCC(=O)c1ccc2c(c1)CCCC2. The summed E-state index contributed by atoms with van der Waals surface area (Å²) >= 11 is 0. The van der Waals surface area contributed by atoms with Crippen molar-refractivity contribution in [3.05, 3.63) is 77.1 Å². The summed E-state index contributed by atoms with van der Waals surface area (Å²) in [6.07, 6.45) is 6.23. The zero-order valence-electron chi connectivity index (χ0n) is 16.5. The average molecular weight is 407 g/mol. The summed E-state index contributed by atoms with van der Waals surface area (Å²) in [5.41, 5.74) is 3.81. The predicted octanol–water partition coefficient (Wildman–Crippen LogP) is 4.72. The van der Waals surface area contributed by atoms with Gasteiger partial charge in [0.2, 0.25) is 0 Å². The molecular formula is C24H22FNO4. The number of oxazole rings is 1. The second-order valence-electron chi connectivity index (χ2n) is 7.40. The van der Waals surface area contributed by atoms with Gasteiger partial charge in [-0.3, -0.25) is 9.59 Å². The molecule has 0 fully saturated rings. The standard InChI is InChI=1S/C24H22FNO4/c25-20-9-7-17(8-10-20)22-14-26-23(30-22)11-12-24(28)29-15-21(27)19-6-5-16-3-1-2-4-18(16)13-19/h5-10,13-14H,1-4,11-12,15H2. The van der Waals surface area contributed by atoms with E-state index in [9.17, 15) is 14.0 Å². The predicted molar refractivity (Wildman–Crippen MR) is 109 cm³/mol. The molecule has 2 aromatic carbocycles. The third-order valence-electron chi connectivity index (χ3n) is 5.26. The first-order chi connectivity index (χ1) is 14.6. The Morgan fingerprint density at radius 3 is 2.60 bits per heavy atom. The number of aromatic nitrogens is 1. The van der Waals surface area contributed by atoms with E-state index in [1.165, 1.54) is 35.9 Å². The number of ether oxygens (including phenoxy) is 1. The van der Waals surface area contributed by atoms with Gasteiger partial charge in [-0.15, -0.1) is 0 Å². The first kappa shape index (κ1) is 20.0. The van der Waals surface area contributed by atoms with Gasteiger partial charge in [0.05, 0.1) is 12.6 Å². The summed E-state index contributed by atoms with van der Waals surface area (Å²) in [5.74, 6) is -0.131. The van der Waals surface area contributed by atoms with E-state index < -0.39 is 5.97 Å². The summed E-state index contributed by atoms with van der Waals surface area (Å²) in [6, 6.07) is 11.6. The number of Topliss-reactive ketones (excluding diaryl/α,β-unsaturated/α-hetero) is 1. The normalized spacial score (nSPS) is 13.0. The van der Waals surface area contributed by atoms with Crippen LogP contribution in [0.1, 0.15) is 46.6 Å². The van der Waals surface area contributed by atoms with Gasteiger partial charge in [0.15, 0.2) is 24.0 Å².